The summed E-state index contributed by atoms with van der Waals surface area (Å²) >= 11 is 0. The van der Waals surface area contributed by atoms with Crippen LogP contribution in [0.2, 0.25) is 0 Å². The first-order chi connectivity index (χ1) is 9.78. The number of hydrogen-bond donors (Lipinski definition) is 1. The van der Waals surface area contributed by atoms with Gasteiger partial charge in [-0.05, 0) is 57.0 Å². The number of piperidine rings is 1. The van der Waals surface area contributed by atoms with Crippen LogP contribution < -0.4 is 5.32 Å². The van der Waals surface area contributed by atoms with Crippen LogP contribution in [0.3, 0.4) is 0 Å². The third-order valence-electron chi connectivity index (χ3n) is 5.39. The number of likely N-dealkylation sites (tertiary alicyclic amines) is 1. The number of likely N-dealkylation sites (N-methyl/N-ethyl adjacent to an activating group) is 1. The van der Waals surface area contributed by atoms with E-state index >= 15 is 0 Å². The van der Waals surface area contributed by atoms with Crippen LogP contribution in [0.25, 0.3) is 0 Å². The zero-order valence-corrected chi connectivity index (χ0v) is 13.7. The lowest BCUT2D eigenvalue weighted by molar-refractivity contribution is 0.0336. The molecule has 2 aliphatic rings. The van der Waals surface area contributed by atoms with E-state index in [1.807, 2.05) is 7.11 Å². The Balaban J connectivity index is 1.97. The van der Waals surface area contributed by atoms with Crippen LogP contribution in [0.4, 0.5) is 0 Å². The summed E-state index contributed by atoms with van der Waals surface area (Å²) in [7, 11) is 1.84. The van der Waals surface area contributed by atoms with Gasteiger partial charge in [-0.3, -0.25) is 4.90 Å². The Morgan fingerprint density at radius 2 is 2.00 bits per heavy atom. The molecular formula is C17H34N2O. The van der Waals surface area contributed by atoms with Crippen LogP contribution in [0, 0.1) is 11.8 Å². The normalized spacial score (nSPS) is 36.1. The minimum absolute atomic E-state index is 0.712. The van der Waals surface area contributed by atoms with E-state index in [1.54, 1.807) is 0 Å². The highest BCUT2D eigenvalue weighted by atomic mass is 16.5. The maximum atomic E-state index is 5.39. The van der Waals surface area contributed by atoms with E-state index in [0.29, 0.717) is 6.04 Å². The first-order valence-corrected chi connectivity index (χ1v) is 8.74. The summed E-state index contributed by atoms with van der Waals surface area (Å²) in [6.45, 7) is 9.19. The lowest BCUT2D eigenvalue weighted by Gasteiger charge is -2.46. The minimum atomic E-state index is 0.712. The molecule has 0 amide bonds. The van der Waals surface area contributed by atoms with Crippen LogP contribution in [0.15, 0.2) is 0 Å². The Morgan fingerprint density at radius 3 is 2.70 bits per heavy atom. The molecule has 1 aliphatic heterocycles. The summed E-state index contributed by atoms with van der Waals surface area (Å²) in [5, 5.41) is 3.75. The molecule has 4 atom stereocenters. The van der Waals surface area contributed by atoms with Crippen LogP contribution in [-0.4, -0.2) is 50.3 Å². The average Bonchev–Trinajstić information content (AvgIpc) is 2.48. The molecule has 1 heterocycles. The van der Waals surface area contributed by atoms with Crippen molar-refractivity contribution in [3.63, 3.8) is 0 Å². The molecule has 0 aromatic carbocycles. The van der Waals surface area contributed by atoms with Crippen molar-refractivity contribution in [2.45, 2.75) is 64.5 Å². The Bertz CT molecular complexity index is 270. The fourth-order valence-electron chi connectivity index (χ4n) is 4.28. The van der Waals surface area contributed by atoms with Gasteiger partial charge in [-0.2, -0.15) is 0 Å². The molecule has 0 aromatic heterocycles. The number of methoxy groups -OCH3 is 1. The quantitative estimate of drug-likeness (QED) is 0.811. The molecule has 1 saturated carbocycles. The van der Waals surface area contributed by atoms with Gasteiger partial charge in [0, 0.05) is 25.7 Å². The maximum Gasteiger partial charge on any atom is 0.0502 e. The molecule has 20 heavy (non-hydrogen) atoms. The first-order valence-electron chi connectivity index (χ1n) is 8.74. The van der Waals surface area contributed by atoms with Gasteiger partial charge in [-0.25, -0.2) is 0 Å². The van der Waals surface area contributed by atoms with Crippen molar-refractivity contribution >= 4 is 0 Å². The molecule has 2 rings (SSSR count). The zero-order valence-electron chi connectivity index (χ0n) is 13.7. The van der Waals surface area contributed by atoms with Gasteiger partial charge in [0.2, 0.25) is 0 Å². The van der Waals surface area contributed by atoms with Crippen LogP contribution in [-0.2, 0) is 4.74 Å². The van der Waals surface area contributed by atoms with Gasteiger partial charge in [0.25, 0.3) is 0 Å². The van der Waals surface area contributed by atoms with Gasteiger partial charge in [0.05, 0.1) is 6.61 Å². The Kier molecular flexibility index (Phi) is 6.79. The standard InChI is InChI=1S/C17H34N2O/c1-4-14-8-9-16(18-5-2)17(11-14)19-10-6-7-15(12-19)13-20-3/h14-18H,4-13H2,1-3H3. The summed E-state index contributed by atoms with van der Waals surface area (Å²) in [6.07, 6.45) is 8.22. The number of ether oxygens (including phenoxy) is 1. The summed E-state index contributed by atoms with van der Waals surface area (Å²) in [5.74, 6) is 1.69. The van der Waals surface area contributed by atoms with E-state index in [2.05, 4.69) is 24.1 Å². The lowest BCUT2D eigenvalue weighted by atomic mass is 9.79. The van der Waals surface area contributed by atoms with Crippen molar-refractivity contribution in [1.82, 2.24) is 10.2 Å². The fraction of sp³-hybridized carbons (Fsp3) is 1.00. The van der Waals surface area contributed by atoms with E-state index in [9.17, 15) is 0 Å². The third-order valence-corrected chi connectivity index (χ3v) is 5.39. The smallest absolute Gasteiger partial charge is 0.0502 e. The SMILES string of the molecule is CCNC1CCC(CC)CC1N1CCCC(COC)C1. The third kappa shape index (κ3) is 4.19. The van der Waals surface area contributed by atoms with Crippen LogP contribution in [0.1, 0.15) is 52.4 Å². The Hall–Kier alpha value is -0.120. The Labute approximate surface area is 125 Å². The zero-order chi connectivity index (χ0) is 14.4. The van der Waals surface area contributed by atoms with Gasteiger partial charge in [0.15, 0.2) is 0 Å². The maximum absolute atomic E-state index is 5.39. The fourth-order valence-corrected chi connectivity index (χ4v) is 4.28. The van der Waals surface area contributed by atoms with E-state index in [-0.39, 0.29) is 0 Å². The second-order valence-corrected chi connectivity index (χ2v) is 6.78. The predicted molar refractivity (Wildman–Crippen MR) is 85.1 cm³/mol. The summed E-state index contributed by atoms with van der Waals surface area (Å²) in [6, 6.07) is 1.47. The van der Waals surface area contributed by atoms with E-state index in [0.717, 1.165) is 31.0 Å². The molecule has 0 spiro atoms. The van der Waals surface area contributed by atoms with Gasteiger partial charge >= 0.3 is 0 Å². The van der Waals surface area contributed by atoms with Crippen LogP contribution >= 0.6 is 0 Å². The monoisotopic (exact) mass is 282 g/mol. The topological polar surface area (TPSA) is 24.5 Å². The highest BCUT2D eigenvalue weighted by Crippen LogP contribution is 2.32. The van der Waals surface area contributed by atoms with Crippen molar-refractivity contribution in [3.8, 4) is 0 Å². The number of nitrogens with one attached hydrogen (secondary N) is 1. The highest BCUT2D eigenvalue weighted by Gasteiger charge is 2.35. The van der Waals surface area contributed by atoms with Crippen LogP contribution in [0.5, 0.6) is 0 Å². The summed E-state index contributed by atoms with van der Waals surface area (Å²) in [5.41, 5.74) is 0. The average molecular weight is 282 g/mol. The lowest BCUT2D eigenvalue weighted by Crippen LogP contribution is -2.55. The number of rotatable bonds is 6. The number of hydrogen-bond acceptors (Lipinski definition) is 3. The van der Waals surface area contributed by atoms with Crippen molar-refractivity contribution in [2.24, 2.45) is 11.8 Å². The van der Waals surface area contributed by atoms with E-state index in [1.165, 1.54) is 51.6 Å². The van der Waals surface area contributed by atoms with Gasteiger partial charge in [0.1, 0.15) is 0 Å². The van der Waals surface area contributed by atoms with Gasteiger partial charge in [-0.1, -0.05) is 20.3 Å². The van der Waals surface area contributed by atoms with Gasteiger partial charge < -0.3 is 10.1 Å². The molecule has 118 valence electrons. The molecule has 0 aromatic rings. The van der Waals surface area contributed by atoms with Crippen molar-refractivity contribution in [2.75, 3.05) is 33.4 Å². The molecule has 2 fully saturated rings. The summed E-state index contributed by atoms with van der Waals surface area (Å²) in [4.78, 5) is 2.78. The largest absolute Gasteiger partial charge is 0.384 e. The molecule has 0 bridgehead atoms. The van der Waals surface area contributed by atoms with E-state index < -0.39 is 0 Å². The molecule has 1 saturated heterocycles. The molecular weight excluding hydrogens is 248 g/mol. The van der Waals surface area contributed by atoms with Crippen molar-refractivity contribution < 1.29 is 4.74 Å². The molecule has 4 unspecified atom stereocenters. The molecule has 0 radical (unpaired) electrons. The van der Waals surface area contributed by atoms with Crippen molar-refractivity contribution in [3.05, 3.63) is 0 Å². The predicted octanol–water partition coefficient (Wildman–Crippen LogP) is 2.90. The molecule has 1 N–H and O–H groups in total. The second kappa shape index (κ2) is 8.35. The Morgan fingerprint density at radius 1 is 1.15 bits per heavy atom. The molecule has 1 aliphatic carbocycles. The van der Waals surface area contributed by atoms with E-state index in [4.69, 9.17) is 4.74 Å². The number of nitrogens with zero attached hydrogens (tertiary/aromatic N) is 1. The van der Waals surface area contributed by atoms with Gasteiger partial charge in [-0.15, -0.1) is 0 Å². The molecule has 3 nitrogen and oxygen atoms in total. The van der Waals surface area contributed by atoms with Crippen molar-refractivity contribution in [1.29, 1.82) is 0 Å². The second-order valence-electron chi connectivity index (χ2n) is 6.78. The minimum Gasteiger partial charge on any atom is -0.384 e. The first kappa shape index (κ1) is 16.3. The highest BCUT2D eigenvalue weighted by molar-refractivity contribution is 4.92. The summed E-state index contributed by atoms with van der Waals surface area (Å²) < 4.78 is 5.39. The molecule has 3 heteroatoms.